The Balaban J connectivity index is 1.84. The molecule has 21 heavy (non-hydrogen) atoms. The van der Waals surface area contributed by atoms with Gasteiger partial charge < -0.3 is 10.6 Å². The van der Waals surface area contributed by atoms with E-state index >= 15 is 0 Å². The first-order valence-corrected chi connectivity index (χ1v) is 7.98. The van der Waals surface area contributed by atoms with E-state index in [0.29, 0.717) is 22.3 Å². The number of carbonyl (C=O) groups excluding carboxylic acids is 1. The topological polar surface area (TPSA) is 84.3 Å². The zero-order chi connectivity index (χ0) is 15.2. The average Bonchev–Trinajstić information content (AvgIpc) is 2.46. The summed E-state index contributed by atoms with van der Waals surface area (Å²) in [6.07, 6.45) is 2.18. The molecule has 0 radical (unpaired) electrons. The van der Waals surface area contributed by atoms with Crippen LogP contribution in [0.3, 0.4) is 0 Å². The lowest BCUT2D eigenvalue weighted by Crippen LogP contribution is -2.30. The number of nitrogens with one attached hydrogen (secondary N) is 2. The predicted molar refractivity (Wildman–Crippen MR) is 84.8 cm³/mol. The Morgan fingerprint density at radius 1 is 1.48 bits per heavy atom. The minimum absolute atomic E-state index is 0.0632. The molecule has 7 heteroatoms. The summed E-state index contributed by atoms with van der Waals surface area (Å²) < 4.78 is 0. The molecule has 6 nitrogen and oxygen atoms in total. The molecule has 1 aromatic carbocycles. The molecule has 0 spiro atoms. The van der Waals surface area contributed by atoms with Crippen molar-refractivity contribution in [2.75, 3.05) is 24.2 Å². The highest BCUT2D eigenvalue weighted by Crippen LogP contribution is 2.23. The normalized spacial score (nSPS) is 15.7. The first-order valence-electron chi connectivity index (χ1n) is 6.93. The van der Waals surface area contributed by atoms with Gasteiger partial charge in [0.25, 0.3) is 5.69 Å². The lowest BCUT2D eigenvalue weighted by Gasteiger charge is -2.21. The number of nitro benzene ring substituents is 1. The van der Waals surface area contributed by atoms with Crippen LogP contribution in [-0.4, -0.2) is 34.9 Å². The summed E-state index contributed by atoms with van der Waals surface area (Å²) in [7, 11) is 0. The average molecular weight is 309 g/mol. The molecule has 0 atom stereocenters. The third-order valence-electron chi connectivity index (χ3n) is 3.41. The van der Waals surface area contributed by atoms with Crippen LogP contribution in [0.25, 0.3) is 0 Å². The molecule has 114 valence electrons. The van der Waals surface area contributed by atoms with E-state index in [1.54, 1.807) is 30.8 Å². The molecule has 1 fully saturated rings. The van der Waals surface area contributed by atoms with Crippen LogP contribution in [0.2, 0.25) is 0 Å². The monoisotopic (exact) mass is 309 g/mol. The molecule has 0 saturated carbocycles. The summed E-state index contributed by atoms with van der Waals surface area (Å²) in [6, 6.07) is 4.62. The number of carbonyl (C=O) groups is 1. The molecule has 0 bridgehead atoms. The van der Waals surface area contributed by atoms with Gasteiger partial charge in [0.15, 0.2) is 0 Å². The van der Waals surface area contributed by atoms with Gasteiger partial charge in [-0.05, 0) is 45.0 Å². The number of hydrogen-bond acceptors (Lipinski definition) is 5. The van der Waals surface area contributed by atoms with Crippen molar-refractivity contribution in [3.63, 3.8) is 0 Å². The van der Waals surface area contributed by atoms with Crippen molar-refractivity contribution in [3.05, 3.63) is 33.9 Å². The van der Waals surface area contributed by atoms with Gasteiger partial charge in [-0.25, -0.2) is 0 Å². The Kier molecular flexibility index (Phi) is 5.58. The van der Waals surface area contributed by atoms with Crippen molar-refractivity contribution in [2.24, 2.45) is 0 Å². The Morgan fingerprint density at radius 2 is 2.19 bits per heavy atom. The van der Waals surface area contributed by atoms with E-state index < -0.39 is 4.92 Å². The third kappa shape index (κ3) is 4.71. The third-order valence-corrected chi connectivity index (χ3v) is 4.79. The van der Waals surface area contributed by atoms with Gasteiger partial charge in [0.2, 0.25) is 5.91 Å². The smallest absolute Gasteiger partial charge is 0.272 e. The van der Waals surface area contributed by atoms with Gasteiger partial charge in [0, 0.05) is 22.6 Å². The molecule has 1 saturated heterocycles. The molecule has 1 amide bonds. The van der Waals surface area contributed by atoms with Crippen molar-refractivity contribution in [1.82, 2.24) is 5.32 Å². The van der Waals surface area contributed by atoms with Crippen molar-refractivity contribution in [2.45, 2.75) is 25.0 Å². The Hall–Kier alpha value is -1.60. The molecule has 0 aromatic heterocycles. The number of rotatable bonds is 5. The second-order valence-electron chi connectivity index (χ2n) is 5.07. The largest absolute Gasteiger partial charge is 0.325 e. The summed E-state index contributed by atoms with van der Waals surface area (Å²) in [6.45, 7) is 3.69. The SMILES string of the molecule is Cc1cc(NC(=O)CSC2CCNCC2)ccc1[N+](=O)[O-]. The van der Waals surface area contributed by atoms with Gasteiger partial charge in [0.05, 0.1) is 10.7 Å². The lowest BCUT2D eigenvalue weighted by atomic mass is 10.2. The number of amides is 1. The highest BCUT2D eigenvalue weighted by Gasteiger charge is 2.15. The predicted octanol–water partition coefficient (Wildman–Crippen LogP) is 2.33. The maximum atomic E-state index is 11.9. The zero-order valence-electron chi connectivity index (χ0n) is 11.9. The van der Waals surface area contributed by atoms with E-state index in [0.717, 1.165) is 25.9 Å². The van der Waals surface area contributed by atoms with Crippen LogP contribution in [0.15, 0.2) is 18.2 Å². The molecule has 2 rings (SSSR count). The molecule has 1 aromatic rings. The number of benzene rings is 1. The molecular weight excluding hydrogens is 290 g/mol. The first kappa shape index (κ1) is 15.8. The first-order chi connectivity index (χ1) is 10.1. The highest BCUT2D eigenvalue weighted by atomic mass is 32.2. The van der Waals surface area contributed by atoms with Crippen LogP contribution < -0.4 is 10.6 Å². The number of hydrogen-bond donors (Lipinski definition) is 2. The fourth-order valence-corrected chi connectivity index (χ4v) is 3.32. The standard InChI is InChI=1S/C14H19N3O3S/c1-10-8-11(2-3-13(10)17(19)20)16-14(18)9-21-12-4-6-15-7-5-12/h2-3,8,12,15H,4-7,9H2,1H3,(H,16,18). The van der Waals surface area contributed by atoms with E-state index in [1.807, 2.05) is 0 Å². The minimum atomic E-state index is -0.423. The molecule has 1 heterocycles. The summed E-state index contributed by atoms with van der Waals surface area (Å²) in [5.74, 6) is 0.354. The van der Waals surface area contributed by atoms with Crippen LogP contribution >= 0.6 is 11.8 Å². The fourth-order valence-electron chi connectivity index (χ4n) is 2.29. The van der Waals surface area contributed by atoms with Crippen molar-refractivity contribution >= 4 is 29.0 Å². The summed E-state index contributed by atoms with van der Waals surface area (Å²) in [4.78, 5) is 22.2. The number of piperidine rings is 1. The summed E-state index contributed by atoms with van der Waals surface area (Å²) in [5.41, 5.74) is 1.22. The fraction of sp³-hybridized carbons (Fsp3) is 0.500. The maximum Gasteiger partial charge on any atom is 0.272 e. The molecule has 1 aliphatic rings. The van der Waals surface area contributed by atoms with Crippen LogP contribution in [0, 0.1) is 17.0 Å². The number of thioether (sulfide) groups is 1. The molecular formula is C14H19N3O3S. The quantitative estimate of drug-likeness (QED) is 0.644. The van der Waals surface area contributed by atoms with Crippen LogP contribution in [-0.2, 0) is 4.79 Å². The summed E-state index contributed by atoms with van der Waals surface area (Å²) >= 11 is 1.68. The van der Waals surface area contributed by atoms with Gasteiger partial charge in [-0.2, -0.15) is 0 Å². The summed E-state index contributed by atoms with van der Waals surface area (Å²) in [5, 5.41) is 17.4. The maximum absolute atomic E-state index is 11.9. The second kappa shape index (κ2) is 7.42. The van der Waals surface area contributed by atoms with Crippen molar-refractivity contribution in [3.8, 4) is 0 Å². The number of aryl methyl sites for hydroxylation is 1. The second-order valence-corrected chi connectivity index (χ2v) is 6.36. The van der Waals surface area contributed by atoms with Gasteiger partial charge >= 0.3 is 0 Å². The minimum Gasteiger partial charge on any atom is -0.325 e. The van der Waals surface area contributed by atoms with Gasteiger partial charge in [-0.15, -0.1) is 11.8 Å². The Morgan fingerprint density at radius 3 is 2.81 bits per heavy atom. The van der Waals surface area contributed by atoms with Crippen molar-refractivity contribution in [1.29, 1.82) is 0 Å². The Labute approximate surface area is 127 Å². The zero-order valence-corrected chi connectivity index (χ0v) is 12.7. The molecule has 0 aliphatic carbocycles. The van der Waals surface area contributed by atoms with Crippen molar-refractivity contribution < 1.29 is 9.72 Å². The van der Waals surface area contributed by atoms with E-state index in [2.05, 4.69) is 10.6 Å². The van der Waals surface area contributed by atoms with Gasteiger partial charge in [-0.1, -0.05) is 0 Å². The number of nitro groups is 1. The van der Waals surface area contributed by atoms with Crippen LogP contribution in [0.4, 0.5) is 11.4 Å². The van der Waals surface area contributed by atoms with E-state index in [1.165, 1.54) is 6.07 Å². The highest BCUT2D eigenvalue weighted by molar-refractivity contribution is 8.00. The van der Waals surface area contributed by atoms with E-state index in [4.69, 9.17) is 0 Å². The number of anilines is 1. The molecule has 0 unspecified atom stereocenters. The van der Waals surface area contributed by atoms with Crippen LogP contribution in [0.1, 0.15) is 18.4 Å². The van der Waals surface area contributed by atoms with E-state index in [-0.39, 0.29) is 11.6 Å². The molecule has 1 aliphatic heterocycles. The number of nitrogens with zero attached hydrogens (tertiary/aromatic N) is 1. The Bertz CT molecular complexity index is 530. The van der Waals surface area contributed by atoms with Crippen LogP contribution in [0.5, 0.6) is 0 Å². The van der Waals surface area contributed by atoms with Gasteiger partial charge in [-0.3, -0.25) is 14.9 Å². The van der Waals surface area contributed by atoms with E-state index in [9.17, 15) is 14.9 Å². The lowest BCUT2D eigenvalue weighted by molar-refractivity contribution is -0.385. The van der Waals surface area contributed by atoms with Gasteiger partial charge in [0.1, 0.15) is 0 Å². The molecule has 2 N–H and O–H groups in total.